The molecule has 0 fully saturated rings. The smallest absolute Gasteiger partial charge is 0.185 e. The molecule has 0 aliphatic rings. The van der Waals surface area contributed by atoms with E-state index >= 15 is 0 Å². The van der Waals surface area contributed by atoms with Crippen LogP contribution in [0.25, 0.3) is 6.08 Å². The van der Waals surface area contributed by atoms with Crippen LogP contribution in [0.3, 0.4) is 0 Å². The molecule has 5 heteroatoms. The predicted molar refractivity (Wildman–Crippen MR) is 68.2 cm³/mol. The van der Waals surface area contributed by atoms with Crippen molar-refractivity contribution in [2.24, 2.45) is 16.5 Å². The minimum atomic E-state index is 0.120. The zero-order valence-corrected chi connectivity index (χ0v) is 9.91. The van der Waals surface area contributed by atoms with E-state index in [1.54, 1.807) is 12.4 Å². The first-order valence-corrected chi connectivity index (χ1v) is 5.29. The van der Waals surface area contributed by atoms with Crippen LogP contribution in [0.2, 0.25) is 5.02 Å². The van der Waals surface area contributed by atoms with Crippen LogP contribution in [0, 0.1) is 0 Å². The van der Waals surface area contributed by atoms with Gasteiger partial charge in [-0.25, -0.2) is 0 Å². The van der Waals surface area contributed by atoms with Crippen LogP contribution >= 0.6 is 11.6 Å². The van der Waals surface area contributed by atoms with Gasteiger partial charge in [0.2, 0.25) is 0 Å². The van der Waals surface area contributed by atoms with Gasteiger partial charge in [-0.1, -0.05) is 23.3 Å². The SMILES string of the molecule is C/C(=C/c1ccncc1Cl)CCN=C(N)N. The Balaban J connectivity index is 2.63. The van der Waals surface area contributed by atoms with Crippen molar-refractivity contribution in [2.45, 2.75) is 13.3 Å². The molecule has 4 N–H and O–H groups in total. The second kappa shape index (κ2) is 6.12. The molecule has 0 aromatic carbocycles. The molecule has 16 heavy (non-hydrogen) atoms. The lowest BCUT2D eigenvalue weighted by Crippen LogP contribution is -2.22. The molecule has 0 unspecified atom stereocenters. The average molecular weight is 239 g/mol. The summed E-state index contributed by atoms with van der Waals surface area (Å²) in [6.45, 7) is 2.60. The van der Waals surface area contributed by atoms with Crippen molar-refractivity contribution in [1.29, 1.82) is 0 Å². The Morgan fingerprint density at radius 1 is 1.56 bits per heavy atom. The number of hydrogen-bond acceptors (Lipinski definition) is 2. The number of hydrogen-bond donors (Lipinski definition) is 2. The molecule has 4 nitrogen and oxygen atoms in total. The number of nitrogens with two attached hydrogens (primary N) is 2. The van der Waals surface area contributed by atoms with Crippen LogP contribution in [0.4, 0.5) is 0 Å². The van der Waals surface area contributed by atoms with Crippen LogP contribution in [0.15, 0.2) is 29.0 Å². The third kappa shape index (κ3) is 4.31. The highest BCUT2D eigenvalue weighted by Gasteiger charge is 1.97. The lowest BCUT2D eigenvalue weighted by Gasteiger charge is -2.01. The quantitative estimate of drug-likeness (QED) is 0.620. The second-order valence-corrected chi connectivity index (χ2v) is 3.85. The first-order chi connectivity index (χ1) is 7.59. The van der Waals surface area contributed by atoms with E-state index in [1.165, 1.54) is 0 Å². The maximum absolute atomic E-state index is 5.98. The summed E-state index contributed by atoms with van der Waals surface area (Å²) in [6.07, 6.45) is 6.14. The van der Waals surface area contributed by atoms with Crippen LogP contribution in [0.5, 0.6) is 0 Å². The van der Waals surface area contributed by atoms with Gasteiger partial charge in [0.1, 0.15) is 0 Å². The van der Waals surface area contributed by atoms with Crippen molar-refractivity contribution in [2.75, 3.05) is 6.54 Å². The number of aromatic nitrogens is 1. The Morgan fingerprint density at radius 3 is 2.94 bits per heavy atom. The summed E-state index contributed by atoms with van der Waals surface area (Å²) < 4.78 is 0. The Morgan fingerprint density at radius 2 is 2.31 bits per heavy atom. The van der Waals surface area contributed by atoms with Crippen LogP contribution in [0.1, 0.15) is 18.9 Å². The van der Waals surface area contributed by atoms with Gasteiger partial charge in [0.05, 0.1) is 5.02 Å². The van der Waals surface area contributed by atoms with Gasteiger partial charge < -0.3 is 11.5 Å². The lowest BCUT2D eigenvalue weighted by molar-refractivity contribution is 0.951. The van der Waals surface area contributed by atoms with Gasteiger partial charge in [-0.05, 0) is 25.0 Å². The molecular weight excluding hydrogens is 224 g/mol. The molecule has 0 amide bonds. The van der Waals surface area contributed by atoms with E-state index in [4.69, 9.17) is 23.1 Å². The van der Waals surface area contributed by atoms with Crippen molar-refractivity contribution in [3.63, 3.8) is 0 Å². The molecule has 0 spiro atoms. The van der Waals surface area contributed by atoms with Gasteiger partial charge >= 0.3 is 0 Å². The van der Waals surface area contributed by atoms with E-state index in [1.807, 2.05) is 19.1 Å². The Hall–Kier alpha value is -1.55. The third-order valence-corrected chi connectivity index (χ3v) is 2.32. The molecule has 1 heterocycles. The van der Waals surface area contributed by atoms with Gasteiger partial charge in [-0.15, -0.1) is 0 Å². The molecular formula is C11H15ClN4. The maximum Gasteiger partial charge on any atom is 0.185 e. The minimum absolute atomic E-state index is 0.120. The maximum atomic E-state index is 5.98. The zero-order chi connectivity index (χ0) is 12.0. The number of aliphatic imine (C=N–C) groups is 1. The van der Waals surface area contributed by atoms with E-state index in [0.717, 1.165) is 17.6 Å². The van der Waals surface area contributed by atoms with Gasteiger partial charge in [0.25, 0.3) is 0 Å². The van der Waals surface area contributed by atoms with Gasteiger partial charge in [0, 0.05) is 18.9 Å². The van der Waals surface area contributed by atoms with Crippen molar-refractivity contribution in [3.05, 3.63) is 34.6 Å². The molecule has 1 aromatic rings. The number of guanidine groups is 1. The number of pyridine rings is 1. The van der Waals surface area contributed by atoms with Crippen molar-refractivity contribution in [1.82, 2.24) is 4.98 Å². The molecule has 86 valence electrons. The molecule has 1 rings (SSSR count). The van der Waals surface area contributed by atoms with Gasteiger partial charge in [0.15, 0.2) is 5.96 Å². The number of rotatable bonds is 4. The van der Waals surface area contributed by atoms with Gasteiger partial charge in [-0.3, -0.25) is 9.98 Å². The molecule has 0 saturated heterocycles. The Kier molecular flexibility index (Phi) is 4.79. The molecule has 0 radical (unpaired) electrons. The van der Waals surface area contributed by atoms with Crippen molar-refractivity contribution >= 4 is 23.6 Å². The summed E-state index contributed by atoms with van der Waals surface area (Å²) in [4.78, 5) is 7.84. The topological polar surface area (TPSA) is 77.3 Å². The first-order valence-electron chi connectivity index (χ1n) is 4.91. The normalized spacial score (nSPS) is 11.2. The summed E-state index contributed by atoms with van der Waals surface area (Å²) >= 11 is 5.98. The van der Waals surface area contributed by atoms with Crippen molar-refractivity contribution in [3.8, 4) is 0 Å². The van der Waals surface area contributed by atoms with E-state index in [9.17, 15) is 0 Å². The van der Waals surface area contributed by atoms with Gasteiger partial charge in [-0.2, -0.15) is 0 Å². The molecule has 0 saturated carbocycles. The third-order valence-electron chi connectivity index (χ3n) is 2.01. The number of nitrogens with zero attached hydrogens (tertiary/aromatic N) is 2. The summed E-state index contributed by atoms with van der Waals surface area (Å²) in [5.41, 5.74) is 12.6. The standard InChI is InChI=1S/C11H15ClN4/c1-8(2-5-16-11(13)14)6-9-3-4-15-7-10(9)12/h3-4,6-7H,2,5H2,1H3,(H4,13,14,16)/b8-6-. The highest BCUT2D eigenvalue weighted by Crippen LogP contribution is 2.17. The highest BCUT2D eigenvalue weighted by molar-refractivity contribution is 6.31. The summed E-state index contributed by atoms with van der Waals surface area (Å²) in [5.74, 6) is 0.120. The largest absolute Gasteiger partial charge is 0.370 e. The predicted octanol–water partition coefficient (Wildman–Crippen LogP) is 1.80. The average Bonchev–Trinajstić information content (AvgIpc) is 2.21. The fourth-order valence-corrected chi connectivity index (χ4v) is 1.38. The highest BCUT2D eigenvalue weighted by atomic mass is 35.5. The van der Waals surface area contributed by atoms with E-state index in [0.29, 0.717) is 11.6 Å². The fraction of sp³-hybridized carbons (Fsp3) is 0.273. The monoisotopic (exact) mass is 238 g/mol. The molecule has 0 aliphatic heterocycles. The summed E-state index contributed by atoms with van der Waals surface area (Å²) in [6, 6.07) is 1.87. The lowest BCUT2D eigenvalue weighted by atomic mass is 10.1. The van der Waals surface area contributed by atoms with Crippen LogP contribution < -0.4 is 11.5 Å². The van der Waals surface area contributed by atoms with Crippen LogP contribution in [-0.4, -0.2) is 17.5 Å². The minimum Gasteiger partial charge on any atom is -0.370 e. The first kappa shape index (κ1) is 12.5. The Bertz CT molecular complexity index is 408. The van der Waals surface area contributed by atoms with Crippen molar-refractivity contribution < 1.29 is 0 Å². The molecule has 0 atom stereocenters. The van der Waals surface area contributed by atoms with Crippen LogP contribution in [-0.2, 0) is 0 Å². The summed E-state index contributed by atoms with van der Waals surface area (Å²) in [5, 5.41) is 0.642. The fourth-order valence-electron chi connectivity index (χ4n) is 1.20. The molecule has 0 bridgehead atoms. The summed E-state index contributed by atoms with van der Waals surface area (Å²) in [7, 11) is 0. The number of halogens is 1. The molecule has 1 aromatic heterocycles. The second-order valence-electron chi connectivity index (χ2n) is 3.44. The molecule has 0 aliphatic carbocycles. The zero-order valence-electron chi connectivity index (χ0n) is 9.15. The van der Waals surface area contributed by atoms with E-state index in [-0.39, 0.29) is 5.96 Å². The van der Waals surface area contributed by atoms with E-state index in [2.05, 4.69) is 9.98 Å². The Labute approximate surface area is 100 Å². The van der Waals surface area contributed by atoms with E-state index < -0.39 is 0 Å².